The van der Waals surface area contributed by atoms with Crippen LogP contribution in [0.3, 0.4) is 0 Å². The third-order valence-electron chi connectivity index (χ3n) is 4.91. The van der Waals surface area contributed by atoms with E-state index in [4.69, 9.17) is 5.11 Å². The number of carbonyl (C=O) groups is 2. The molecule has 2 aliphatic rings. The Kier molecular flexibility index (Phi) is 5.02. The van der Waals surface area contributed by atoms with E-state index >= 15 is 0 Å². The van der Waals surface area contributed by atoms with Gasteiger partial charge in [0, 0.05) is 26.1 Å². The van der Waals surface area contributed by atoms with Gasteiger partial charge in [-0.05, 0) is 38.0 Å². The van der Waals surface area contributed by atoms with Crippen molar-refractivity contribution in [2.45, 2.75) is 51.4 Å². The van der Waals surface area contributed by atoms with Crippen LogP contribution in [0.1, 0.15) is 51.4 Å². The zero-order valence-corrected chi connectivity index (χ0v) is 12.0. The third kappa shape index (κ3) is 3.32. The molecule has 1 atom stereocenters. The molecule has 1 aliphatic carbocycles. The Bertz CT molecular complexity index is 361. The fourth-order valence-electron chi connectivity index (χ4n) is 3.63. The Hall–Kier alpha value is -1.10. The topological polar surface area (TPSA) is 77.8 Å². The van der Waals surface area contributed by atoms with Gasteiger partial charge in [0.25, 0.3) is 0 Å². The zero-order chi connectivity index (χ0) is 14.6. The van der Waals surface area contributed by atoms with E-state index in [1.807, 2.05) is 4.90 Å². The summed E-state index contributed by atoms with van der Waals surface area (Å²) in [4.78, 5) is 25.7. The number of aliphatic hydroxyl groups excluding tert-OH is 1. The lowest BCUT2D eigenvalue weighted by Gasteiger charge is -2.34. The molecule has 20 heavy (non-hydrogen) atoms. The fraction of sp³-hybridized carbons (Fsp3) is 0.867. The molecule has 0 aromatic heterocycles. The summed E-state index contributed by atoms with van der Waals surface area (Å²) in [6.45, 7) is 1.57. The van der Waals surface area contributed by atoms with Crippen molar-refractivity contribution in [2.24, 2.45) is 11.3 Å². The normalized spacial score (nSPS) is 25.6. The van der Waals surface area contributed by atoms with Gasteiger partial charge in [0.1, 0.15) is 0 Å². The van der Waals surface area contributed by atoms with Gasteiger partial charge in [0.2, 0.25) is 5.91 Å². The van der Waals surface area contributed by atoms with E-state index in [0.717, 1.165) is 38.6 Å². The maximum absolute atomic E-state index is 12.4. The number of aliphatic hydroxyl groups is 1. The van der Waals surface area contributed by atoms with Crippen LogP contribution < -0.4 is 0 Å². The van der Waals surface area contributed by atoms with Gasteiger partial charge in [0.05, 0.1) is 5.41 Å². The van der Waals surface area contributed by atoms with Crippen molar-refractivity contribution in [3.05, 3.63) is 0 Å². The number of nitrogens with zero attached hydrogens (tertiary/aromatic N) is 1. The van der Waals surface area contributed by atoms with Crippen molar-refractivity contribution in [3.63, 3.8) is 0 Å². The fourth-order valence-corrected chi connectivity index (χ4v) is 3.63. The van der Waals surface area contributed by atoms with Crippen LogP contribution >= 0.6 is 0 Å². The van der Waals surface area contributed by atoms with E-state index in [2.05, 4.69) is 0 Å². The van der Waals surface area contributed by atoms with Gasteiger partial charge < -0.3 is 15.1 Å². The number of aliphatic carboxylic acids is 1. The second-order valence-corrected chi connectivity index (χ2v) is 6.33. The van der Waals surface area contributed by atoms with Crippen LogP contribution in [-0.4, -0.2) is 46.7 Å². The molecule has 1 aliphatic heterocycles. The van der Waals surface area contributed by atoms with E-state index in [1.54, 1.807) is 0 Å². The predicted octanol–water partition coefficient (Wildman–Crippen LogP) is 1.64. The number of piperidine rings is 1. The summed E-state index contributed by atoms with van der Waals surface area (Å²) < 4.78 is 0. The minimum absolute atomic E-state index is 0.0167. The van der Waals surface area contributed by atoms with Gasteiger partial charge in [0.15, 0.2) is 0 Å². The highest BCUT2D eigenvalue weighted by molar-refractivity contribution is 5.85. The van der Waals surface area contributed by atoms with E-state index in [1.165, 1.54) is 0 Å². The highest BCUT2D eigenvalue weighted by Crippen LogP contribution is 2.42. The number of hydrogen-bond donors (Lipinski definition) is 2. The lowest BCUT2D eigenvalue weighted by atomic mass is 9.82. The number of rotatable bonds is 5. The van der Waals surface area contributed by atoms with Crippen molar-refractivity contribution in [1.82, 2.24) is 4.90 Å². The Morgan fingerprint density at radius 2 is 1.90 bits per heavy atom. The second kappa shape index (κ2) is 6.57. The first kappa shape index (κ1) is 15.3. The van der Waals surface area contributed by atoms with Gasteiger partial charge >= 0.3 is 5.97 Å². The molecule has 2 rings (SSSR count). The summed E-state index contributed by atoms with van der Waals surface area (Å²) in [7, 11) is 0. The average Bonchev–Trinajstić information content (AvgIpc) is 2.89. The zero-order valence-electron chi connectivity index (χ0n) is 12.0. The van der Waals surface area contributed by atoms with E-state index < -0.39 is 11.4 Å². The quantitative estimate of drug-likeness (QED) is 0.804. The molecule has 1 unspecified atom stereocenters. The Morgan fingerprint density at radius 1 is 1.20 bits per heavy atom. The lowest BCUT2D eigenvalue weighted by molar-refractivity contribution is -0.153. The molecule has 1 saturated heterocycles. The number of likely N-dealkylation sites (tertiary alicyclic amines) is 1. The first-order valence-electron chi connectivity index (χ1n) is 7.69. The molecule has 1 heterocycles. The minimum atomic E-state index is -0.818. The van der Waals surface area contributed by atoms with E-state index in [9.17, 15) is 14.7 Å². The SMILES string of the molecule is O=C(CC1(C(=O)O)CCCC1)N1CCCC(CCO)C1. The van der Waals surface area contributed by atoms with Crippen LogP contribution in [0.15, 0.2) is 0 Å². The maximum atomic E-state index is 12.4. The second-order valence-electron chi connectivity index (χ2n) is 6.33. The maximum Gasteiger partial charge on any atom is 0.310 e. The molecule has 2 N–H and O–H groups in total. The molecule has 0 radical (unpaired) electrons. The van der Waals surface area contributed by atoms with Crippen LogP contribution in [0.4, 0.5) is 0 Å². The van der Waals surface area contributed by atoms with Crippen molar-refractivity contribution >= 4 is 11.9 Å². The Labute approximate surface area is 120 Å². The molecule has 0 bridgehead atoms. The highest BCUT2D eigenvalue weighted by atomic mass is 16.4. The summed E-state index contributed by atoms with van der Waals surface area (Å²) in [5, 5.41) is 18.4. The van der Waals surface area contributed by atoms with Gasteiger partial charge in [-0.25, -0.2) is 0 Å². The van der Waals surface area contributed by atoms with Crippen LogP contribution in [0.25, 0.3) is 0 Å². The number of carboxylic acid groups (broad SMARTS) is 1. The van der Waals surface area contributed by atoms with E-state index in [0.29, 0.717) is 25.3 Å². The third-order valence-corrected chi connectivity index (χ3v) is 4.91. The molecule has 0 aromatic rings. The van der Waals surface area contributed by atoms with Crippen molar-refractivity contribution in [3.8, 4) is 0 Å². The number of amides is 1. The van der Waals surface area contributed by atoms with Crippen LogP contribution in [-0.2, 0) is 9.59 Å². The number of carboxylic acids is 1. The molecule has 0 aromatic carbocycles. The standard InChI is InChI=1S/C15H25NO4/c17-9-5-12-4-3-8-16(11-12)13(18)10-15(14(19)20)6-1-2-7-15/h12,17H,1-11H2,(H,19,20). The van der Waals surface area contributed by atoms with Crippen LogP contribution in [0.2, 0.25) is 0 Å². The predicted molar refractivity (Wildman–Crippen MR) is 74.2 cm³/mol. The highest BCUT2D eigenvalue weighted by Gasteiger charge is 2.44. The lowest BCUT2D eigenvalue weighted by Crippen LogP contribution is -2.43. The smallest absolute Gasteiger partial charge is 0.310 e. The largest absolute Gasteiger partial charge is 0.481 e. The van der Waals surface area contributed by atoms with Crippen molar-refractivity contribution in [2.75, 3.05) is 19.7 Å². The average molecular weight is 283 g/mol. The van der Waals surface area contributed by atoms with Gasteiger partial charge in [-0.1, -0.05) is 12.8 Å². The first-order chi connectivity index (χ1) is 9.57. The van der Waals surface area contributed by atoms with E-state index in [-0.39, 0.29) is 18.9 Å². The minimum Gasteiger partial charge on any atom is -0.481 e. The van der Waals surface area contributed by atoms with Gasteiger partial charge in [-0.2, -0.15) is 0 Å². The van der Waals surface area contributed by atoms with Crippen LogP contribution in [0, 0.1) is 11.3 Å². The van der Waals surface area contributed by atoms with Crippen molar-refractivity contribution < 1.29 is 19.8 Å². The summed E-state index contributed by atoms with van der Waals surface area (Å²) in [5.74, 6) is -0.466. The van der Waals surface area contributed by atoms with Gasteiger partial charge in [-0.3, -0.25) is 9.59 Å². The van der Waals surface area contributed by atoms with Gasteiger partial charge in [-0.15, -0.1) is 0 Å². The first-order valence-corrected chi connectivity index (χ1v) is 7.69. The molecular formula is C15H25NO4. The molecule has 0 spiro atoms. The number of hydrogen-bond acceptors (Lipinski definition) is 3. The number of carbonyl (C=O) groups excluding carboxylic acids is 1. The molecule has 5 heteroatoms. The molecule has 5 nitrogen and oxygen atoms in total. The summed E-state index contributed by atoms with van der Waals surface area (Å²) in [6, 6.07) is 0. The van der Waals surface area contributed by atoms with Crippen LogP contribution in [0.5, 0.6) is 0 Å². The molecule has 1 amide bonds. The summed E-state index contributed by atoms with van der Waals surface area (Å²) in [5.41, 5.74) is -0.818. The summed E-state index contributed by atoms with van der Waals surface area (Å²) in [6.07, 6.45) is 5.95. The molecule has 1 saturated carbocycles. The molecule has 2 fully saturated rings. The monoisotopic (exact) mass is 283 g/mol. The molecular weight excluding hydrogens is 258 g/mol. The molecule has 114 valence electrons. The summed E-state index contributed by atoms with van der Waals surface area (Å²) >= 11 is 0. The Balaban J connectivity index is 1.95. The van der Waals surface area contributed by atoms with Crippen molar-refractivity contribution in [1.29, 1.82) is 0 Å². The Morgan fingerprint density at radius 3 is 2.50 bits per heavy atom.